The van der Waals surface area contributed by atoms with Gasteiger partial charge >= 0.3 is 0 Å². The number of rotatable bonds is 6. The van der Waals surface area contributed by atoms with E-state index in [-0.39, 0.29) is 0 Å². The highest BCUT2D eigenvalue weighted by molar-refractivity contribution is 14.2. The van der Waals surface area contributed by atoms with Crippen LogP contribution in [0.3, 0.4) is 0 Å². The van der Waals surface area contributed by atoms with Crippen molar-refractivity contribution in [1.29, 1.82) is 0 Å². The number of halogens is 1. The van der Waals surface area contributed by atoms with Crippen molar-refractivity contribution < 1.29 is 14.6 Å². The fourth-order valence-electron chi connectivity index (χ4n) is 1.28. The molecule has 0 fully saturated rings. The van der Waals surface area contributed by atoms with E-state index in [1.54, 1.807) is 13.8 Å². The van der Waals surface area contributed by atoms with Crippen molar-refractivity contribution in [3.05, 3.63) is 29.8 Å². The first-order valence-electron chi connectivity index (χ1n) is 5.89. The van der Waals surface area contributed by atoms with Gasteiger partial charge in [-0.2, -0.15) is 0 Å². The SMILES string of the molecule is CC(C)(O)OCCCOc1ccc(C#CSI)cc1. The van der Waals surface area contributed by atoms with Gasteiger partial charge in [-0.05, 0) is 52.3 Å². The summed E-state index contributed by atoms with van der Waals surface area (Å²) >= 11 is 2.14. The van der Waals surface area contributed by atoms with Crippen molar-refractivity contribution in [2.45, 2.75) is 26.1 Å². The predicted molar refractivity (Wildman–Crippen MR) is 87.3 cm³/mol. The minimum atomic E-state index is -1.07. The van der Waals surface area contributed by atoms with Crippen molar-refractivity contribution in [3.8, 4) is 16.9 Å². The Kier molecular flexibility index (Phi) is 7.61. The minimum Gasteiger partial charge on any atom is -0.494 e. The molecular formula is C14H17IO3S. The normalized spacial score (nSPS) is 10.7. The molecular weight excluding hydrogens is 375 g/mol. The molecule has 0 unspecified atom stereocenters. The summed E-state index contributed by atoms with van der Waals surface area (Å²) in [6.07, 6.45) is 0.733. The molecule has 0 aromatic heterocycles. The largest absolute Gasteiger partial charge is 0.494 e. The lowest BCUT2D eigenvalue weighted by atomic mass is 10.2. The van der Waals surface area contributed by atoms with Crippen molar-refractivity contribution in [1.82, 2.24) is 0 Å². The Labute approximate surface area is 130 Å². The maximum atomic E-state index is 9.36. The van der Waals surface area contributed by atoms with Gasteiger partial charge in [-0.3, -0.25) is 0 Å². The lowest BCUT2D eigenvalue weighted by Crippen LogP contribution is -2.24. The van der Waals surface area contributed by atoms with Gasteiger partial charge in [0.25, 0.3) is 0 Å². The Bertz CT molecular complexity index is 429. The second-order valence-corrected chi connectivity index (χ2v) is 6.01. The molecule has 0 aliphatic rings. The third-order valence-corrected chi connectivity index (χ3v) is 2.94. The summed E-state index contributed by atoms with van der Waals surface area (Å²) in [4.78, 5) is 0. The molecule has 0 radical (unpaired) electrons. The van der Waals surface area contributed by atoms with E-state index in [0.717, 1.165) is 17.7 Å². The minimum absolute atomic E-state index is 0.472. The van der Waals surface area contributed by atoms with Gasteiger partial charge in [0.05, 0.1) is 13.2 Å². The van der Waals surface area contributed by atoms with Gasteiger partial charge in [0.1, 0.15) is 5.75 Å². The summed E-state index contributed by atoms with van der Waals surface area (Å²) in [6, 6.07) is 7.67. The summed E-state index contributed by atoms with van der Waals surface area (Å²) in [5.41, 5.74) is 0.974. The Morgan fingerprint density at radius 1 is 1.26 bits per heavy atom. The summed E-state index contributed by atoms with van der Waals surface area (Å²) in [6.45, 7) is 4.26. The van der Waals surface area contributed by atoms with Gasteiger partial charge in [-0.15, -0.1) is 0 Å². The molecule has 0 aliphatic carbocycles. The van der Waals surface area contributed by atoms with E-state index in [2.05, 4.69) is 32.4 Å². The fourth-order valence-corrected chi connectivity index (χ4v) is 1.77. The van der Waals surface area contributed by atoms with Crippen LogP contribution in [0.15, 0.2) is 24.3 Å². The first-order chi connectivity index (χ1) is 9.01. The zero-order valence-corrected chi connectivity index (χ0v) is 14.0. The van der Waals surface area contributed by atoms with Crippen LogP contribution in [0.4, 0.5) is 0 Å². The van der Waals surface area contributed by atoms with Crippen LogP contribution in [0.5, 0.6) is 5.75 Å². The van der Waals surface area contributed by atoms with Crippen LogP contribution in [-0.2, 0) is 4.74 Å². The molecule has 0 saturated heterocycles. The van der Waals surface area contributed by atoms with Crippen LogP contribution in [0, 0.1) is 11.2 Å². The second kappa shape index (κ2) is 8.69. The summed E-state index contributed by atoms with van der Waals surface area (Å²) in [5, 5.41) is 12.3. The maximum Gasteiger partial charge on any atom is 0.159 e. The average Bonchev–Trinajstić information content (AvgIpc) is 2.36. The number of aliphatic hydroxyl groups is 1. The molecule has 0 spiro atoms. The number of hydrogen-bond donors (Lipinski definition) is 1. The Hall–Kier alpha value is -0.420. The molecule has 1 aromatic rings. The van der Waals surface area contributed by atoms with Gasteiger partial charge < -0.3 is 14.6 Å². The van der Waals surface area contributed by atoms with E-state index in [1.165, 1.54) is 8.93 Å². The molecule has 0 bridgehead atoms. The van der Waals surface area contributed by atoms with Crippen LogP contribution < -0.4 is 4.74 Å². The molecule has 3 nitrogen and oxygen atoms in total. The van der Waals surface area contributed by atoms with E-state index in [9.17, 15) is 5.11 Å². The first-order valence-corrected chi connectivity index (χ1v) is 9.25. The third-order valence-electron chi connectivity index (χ3n) is 2.10. The van der Waals surface area contributed by atoms with Crippen molar-refractivity contribution in [3.63, 3.8) is 0 Å². The summed E-state index contributed by atoms with van der Waals surface area (Å²) in [5.74, 6) is 2.76. The van der Waals surface area contributed by atoms with Gasteiger partial charge in [0.2, 0.25) is 0 Å². The Morgan fingerprint density at radius 3 is 2.53 bits per heavy atom. The van der Waals surface area contributed by atoms with Gasteiger partial charge in [0, 0.05) is 33.2 Å². The first kappa shape index (κ1) is 16.6. The second-order valence-electron chi connectivity index (χ2n) is 4.33. The predicted octanol–water partition coefficient (Wildman–Crippen LogP) is 3.59. The van der Waals surface area contributed by atoms with Crippen LogP contribution >= 0.6 is 30.1 Å². The molecule has 19 heavy (non-hydrogen) atoms. The van der Waals surface area contributed by atoms with Crippen molar-refractivity contribution >= 4 is 30.1 Å². The molecule has 0 aliphatic heterocycles. The van der Waals surface area contributed by atoms with Crippen LogP contribution in [-0.4, -0.2) is 24.1 Å². The molecule has 0 amide bonds. The molecule has 1 N–H and O–H groups in total. The van der Waals surface area contributed by atoms with Crippen LogP contribution in [0.1, 0.15) is 25.8 Å². The van der Waals surface area contributed by atoms with E-state index in [1.807, 2.05) is 24.3 Å². The van der Waals surface area contributed by atoms with E-state index < -0.39 is 5.79 Å². The number of ether oxygens (including phenoxy) is 2. The smallest absolute Gasteiger partial charge is 0.159 e. The standard InChI is InChI=1S/C14H17IO3S/c1-14(2,16)18-10-3-9-17-13-6-4-12(5-7-13)8-11-19-15/h4-7,16H,3,9-10H2,1-2H3. The molecule has 0 saturated carbocycles. The highest BCUT2D eigenvalue weighted by atomic mass is 127. The van der Waals surface area contributed by atoms with Crippen molar-refractivity contribution in [2.75, 3.05) is 13.2 Å². The Morgan fingerprint density at radius 2 is 1.95 bits per heavy atom. The van der Waals surface area contributed by atoms with E-state index in [0.29, 0.717) is 13.2 Å². The van der Waals surface area contributed by atoms with Crippen LogP contribution in [0.25, 0.3) is 0 Å². The molecule has 104 valence electrons. The number of benzene rings is 1. The van der Waals surface area contributed by atoms with E-state index >= 15 is 0 Å². The summed E-state index contributed by atoms with van der Waals surface area (Å²) in [7, 11) is 1.47. The van der Waals surface area contributed by atoms with Gasteiger partial charge in [0.15, 0.2) is 5.79 Å². The zero-order valence-electron chi connectivity index (χ0n) is 11.0. The maximum absolute atomic E-state index is 9.36. The topological polar surface area (TPSA) is 38.7 Å². The van der Waals surface area contributed by atoms with Gasteiger partial charge in [-0.1, -0.05) is 5.92 Å². The lowest BCUT2D eigenvalue weighted by molar-refractivity contribution is -0.176. The Balaban J connectivity index is 2.27. The van der Waals surface area contributed by atoms with Gasteiger partial charge in [-0.25, -0.2) is 0 Å². The fraction of sp³-hybridized carbons (Fsp3) is 0.429. The lowest BCUT2D eigenvalue weighted by Gasteiger charge is -2.17. The molecule has 0 atom stereocenters. The third kappa shape index (κ3) is 8.37. The molecule has 1 rings (SSSR count). The average molecular weight is 392 g/mol. The van der Waals surface area contributed by atoms with E-state index in [4.69, 9.17) is 9.47 Å². The molecule has 1 aromatic carbocycles. The highest BCUT2D eigenvalue weighted by Gasteiger charge is 2.11. The van der Waals surface area contributed by atoms with Crippen molar-refractivity contribution in [2.24, 2.45) is 0 Å². The number of hydrogen-bond acceptors (Lipinski definition) is 4. The zero-order chi connectivity index (χ0) is 14.1. The molecule has 5 heteroatoms. The summed E-state index contributed by atoms with van der Waals surface area (Å²) < 4.78 is 10.7. The monoisotopic (exact) mass is 392 g/mol. The quantitative estimate of drug-likeness (QED) is 0.348. The molecule has 0 heterocycles. The highest BCUT2D eigenvalue weighted by Crippen LogP contribution is 2.13. The van der Waals surface area contributed by atoms with Crippen LogP contribution in [0.2, 0.25) is 0 Å².